The van der Waals surface area contributed by atoms with Gasteiger partial charge in [0.1, 0.15) is 0 Å². The predicted molar refractivity (Wildman–Crippen MR) is 114 cm³/mol. The van der Waals surface area contributed by atoms with Gasteiger partial charge < -0.3 is 10.6 Å². The minimum Gasteiger partial charge on any atom is -0.334 e. The van der Waals surface area contributed by atoms with E-state index in [1.807, 2.05) is 49.2 Å². The molecule has 1 aliphatic heterocycles. The lowest BCUT2D eigenvalue weighted by Gasteiger charge is -2.36. The van der Waals surface area contributed by atoms with Crippen LogP contribution in [-0.2, 0) is 0 Å². The molecule has 0 bridgehead atoms. The number of amides is 1. The smallest absolute Gasteiger partial charge is 0.276 e. The van der Waals surface area contributed by atoms with E-state index in [0.717, 1.165) is 35.0 Å². The zero-order valence-corrected chi connectivity index (χ0v) is 17.4. The molecule has 0 radical (unpaired) electrons. The number of halogens is 2. The molecule has 1 saturated heterocycles. The molecule has 1 amide bonds. The molecule has 150 valence electrons. The van der Waals surface area contributed by atoms with E-state index in [2.05, 4.69) is 15.3 Å². The largest absolute Gasteiger partial charge is 0.334 e. The summed E-state index contributed by atoms with van der Waals surface area (Å²) >= 11 is 0. The van der Waals surface area contributed by atoms with Gasteiger partial charge in [0.15, 0.2) is 5.69 Å². The van der Waals surface area contributed by atoms with Crippen molar-refractivity contribution in [1.29, 1.82) is 0 Å². The Morgan fingerprint density at radius 1 is 1.25 bits per heavy atom. The van der Waals surface area contributed by atoms with Crippen LogP contribution < -0.4 is 5.73 Å². The van der Waals surface area contributed by atoms with Crippen LogP contribution in [0.25, 0.3) is 16.5 Å². The number of piperidine rings is 1. The summed E-state index contributed by atoms with van der Waals surface area (Å²) in [6.45, 7) is 4.58. The maximum atomic E-state index is 13.0. The molecule has 3 heterocycles. The molecular weight excluding hydrogens is 399 g/mol. The summed E-state index contributed by atoms with van der Waals surface area (Å²) in [6, 6.07) is 8.15. The molecule has 4 rings (SSSR count). The van der Waals surface area contributed by atoms with Crippen molar-refractivity contribution in [3.8, 4) is 5.69 Å². The van der Waals surface area contributed by atoms with Crippen molar-refractivity contribution in [2.24, 2.45) is 5.73 Å². The van der Waals surface area contributed by atoms with Gasteiger partial charge in [0.05, 0.1) is 11.4 Å². The Bertz CT molecular complexity index is 971. The number of likely N-dealkylation sites (tertiary alicyclic amines) is 1. The van der Waals surface area contributed by atoms with E-state index in [1.165, 1.54) is 0 Å². The van der Waals surface area contributed by atoms with Gasteiger partial charge in [-0.05, 0) is 38.8 Å². The first kappa shape index (κ1) is 22.1. The topological polar surface area (TPSA) is 89.9 Å². The van der Waals surface area contributed by atoms with Crippen molar-refractivity contribution in [3.05, 3.63) is 48.0 Å². The number of aromatic nitrogens is 4. The number of fused-ring (bicyclic) bond motifs is 1. The van der Waals surface area contributed by atoms with Crippen LogP contribution in [0.5, 0.6) is 0 Å². The predicted octanol–water partition coefficient (Wildman–Crippen LogP) is 2.92. The first-order valence-corrected chi connectivity index (χ1v) is 8.88. The van der Waals surface area contributed by atoms with E-state index in [4.69, 9.17) is 5.73 Å². The number of carbonyl (C=O) groups is 1. The highest BCUT2D eigenvalue weighted by Crippen LogP contribution is 2.24. The van der Waals surface area contributed by atoms with Gasteiger partial charge in [0.25, 0.3) is 5.91 Å². The third-order valence-electron chi connectivity index (χ3n) is 5.16. The van der Waals surface area contributed by atoms with E-state index >= 15 is 0 Å². The van der Waals surface area contributed by atoms with Crippen molar-refractivity contribution in [2.45, 2.75) is 38.8 Å². The van der Waals surface area contributed by atoms with Crippen LogP contribution in [0.1, 0.15) is 35.9 Å². The number of hydrogen-bond donors (Lipinski definition) is 1. The standard InChI is InChI=1S/C19H22N6O.2ClH/c1-12-10-15(20)7-9-24(12)19(26)18-13(2)25(23-22-18)17-5-3-4-14-11-21-8-6-16(14)17;;/h3-6,8,11-12,15H,7,9-10,20H2,1-2H3;2*1H. The Morgan fingerprint density at radius 3 is 2.79 bits per heavy atom. The zero-order chi connectivity index (χ0) is 18.3. The SMILES string of the molecule is Cc1c(C(=O)N2CCC(N)CC2C)nnn1-c1cccc2cnccc12.Cl.Cl. The zero-order valence-electron chi connectivity index (χ0n) is 15.8. The summed E-state index contributed by atoms with van der Waals surface area (Å²) < 4.78 is 1.73. The number of rotatable bonds is 2. The van der Waals surface area contributed by atoms with Gasteiger partial charge in [-0.1, -0.05) is 17.3 Å². The second-order valence-electron chi connectivity index (χ2n) is 6.94. The van der Waals surface area contributed by atoms with Crippen molar-refractivity contribution >= 4 is 41.5 Å². The molecule has 7 nitrogen and oxygen atoms in total. The molecule has 3 aromatic rings. The highest BCUT2D eigenvalue weighted by Gasteiger charge is 2.30. The quantitative estimate of drug-likeness (QED) is 0.685. The molecule has 1 aliphatic rings. The first-order chi connectivity index (χ1) is 12.6. The fraction of sp³-hybridized carbons (Fsp3) is 0.368. The number of nitrogens with zero attached hydrogens (tertiary/aromatic N) is 5. The molecule has 2 N–H and O–H groups in total. The van der Waals surface area contributed by atoms with E-state index < -0.39 is 0 Å². The third-order valence-corrected chi connectivity index (χ3v) is 5.16. The molecule has 1 aromatic carbocycles. The van der Waals surface area contributed by atoms with Crippen LogP contribution in [-0.4, -0.2) is 49.4 Å². The van der Waals surface area contributed by atoms with E-state index in [-0.39, 0.29) is 42.8 Å². The summed E-state index contributed by atoms with van der Waals surface area (Å²) in [6.07, 6.45) is 5.20. The molecule has 0 aliphatic carbocycles. The third kappa shape index (κ3) is 3.83. The molecule has 1 fully saturated rings. The number of carbonyl (C=O) groups excluding carboxylic acids is 1. The average molecular weight is 423 g/mol. The second kappa shape index (κ2) is 8.86. The Balaban J connectivity index is 0.00000140. The van der Waals surface area contributed by atoms with Crippen molar-refractivity contribution < 1.29 is 4.79 Å². The van der Waals surface area contributed by atoms with Gasteiger partial charge in [-0.25, -0.2) is 4.68 Å². The van der Waals surface area contributed by atoms with Gasteiger partial charge in [0.2, 0.25) is 0 Å². The lowest BCUT2D eigenvalue weighted by Crippen LogP contribution is -2.48. The monoisotopic (exact) mass is 422 g/mol. The Labute approximate surface area is 176 Å². The molecule has 28 heavy (non-hydrogen) atoms. The van der Waals surface area contributed by atoms with Crippen molar-refractivity contribution in [2.75, 3.05) is 6.54 Å². The summed E-state index contributed by atoms with van der Waals surface area (Å²) in [7, 11) is 0. The molecule has 2 atom stereocenters. The Kier molecular flexibility index (Phi) is 6.98. The van der Waals surface area contributed by atoms with E-state index in [9.17, 15) is 4.79 Å². The molecule has 0 saturated carbocycles. The van der Waals surface area contributed by atoms with Crippen LogP contribution in [0.2, 0.25) is 0 Å². The fourth-order valence-corrected chi connectivity index (χ4v) is 3.69. The molecule has 0 spiro atoms. The first-order valence-electron chi connectivity index (χ1n) is 8.88. The highest BCUT2D eigenvalue weighted by molar-refractivity contribution is 5.94. The summed E-state index contributed by atoms with van der Waals surface area (Å²) in [5.74, 6) is -0.0740. The van der Waals surface area contributed by atoms with Crippen molar-refractivity contribution in [3.63, 3.8) is 0 Å². The summed E-state index contributed by atoms with van der Waals surface area (Å²) in [5, 5.41) is 10.5. The summed E-state index contributed by atoms with van der Waals surface area (Å²) in [5.41, 5.74) is 8.04. The Hall–Kier alpha value is -2.22. The minimum absolute atomic E-state index is 0. The summed E-state index contributed by atoms with van der Waals surface area (Å²) in [4.78, 5) is 19.0. The average Bonchev–Trinajstić information content (AvgIpc) is 3.02. The van der Waals surface area contributed by atoms with Crippen LogP contribution in [0, 0.1) is 6.92 Å². The molecule has 9 heteroatoms. The maximum absolute atomic E-state index is 13.0. The Morgan fingerprint density at radius 2 is 2.04 bits per heavy atom. The minimum atomic E-state index is -0.0740. The van der Waals surface area contributed by atoms with Gasteiger partial charge in [-0.3, -0.25) is 9.78 Å². The second-order valence-corrected chi connectivity index (χ2v) is 6.94. The van der Waals surface area contributed by atoms with Crippen LogP contribution in [0.4, 0.5) is 0 Å². The molecular formula is C19H24Cl2N6O. The number of nitrogens with two attached hydrogens (primary N) is 1. The number of pyridine rings is 1. The molecule has 2 aromatic heterocycles. The number of hydrogen-bond acceptors (Lipinski definition) is 5. The van der Waals surface area contributed by atoms with Gasteiger partial charge in [-0.15, -0.1) is 29.9 Å². The maximum Gasteiger partial charge on any atom is 0.276 e. The van der Waals surface area contributed by atoms with Crippen LogP contribution in [0.3, 0.4) is 0 Å². The van der Waals surface area contributed by atoms with Gasteiger partial charge >= 0.3 is 0 Å². The highest BCUT2D eigenvalue weighted by atomic mass is 35.5. The molecule has 2 unspecified atom stereocenters. The van der Waals surface area contributed by atoms with Gasteiger partial charge in [-0.2, -0.15) is 0 Å². The fourth-order valence-electron chi connectivity index (χ4n) is 3.69. The van der Waals surface area contributed by atoms with Gasteiger partial charge in [0, 0.05) is 41.8 Å². The van der Waals surface area contributed by atoms with Crippen LogP contribution in [0.15, 0.2) is 36.7 Å². The normalized spacial score (nSPS) is 19.0. The lowest BCUT2D eigenvalue weighted by molar-refractivity contribution is 0.0612. The lowest BCUT2D eigenvalue weighted by atomic mass is 9.98. The van der Waals surface area contributed by atoms with Crippen LogP contribution >= 0.6 is 24.8 Å². The van der Waals surface area contributed by atoms with E-state index in [0.29, 0.717) is 12.2 Å². The number of benzene rings is 1. The van der Waals surface area contributed by atoms with E-state index in [1.54, 1.807) is 10.9 Å². The van der Waals surface area contributed by atoms with Crippen molar-refractivity contribution in [1.82, 2.24) is 24.9 Å².